The highest BCUT2D eigenvalue weighted by Crippen LogP contribution is 2.45. The van der Waals surface area contributed by atoms with Crippen molar-refractivity contribution >= 4 is 22.9 Å². The number of fused-ring (bicyclic) bond motifs is 3. The van der Waals surface area contributed by atoms with Crippen molar-refractivity contribution in [2.75, 3.05) is 0 Å². The maximum atomic E-state index is 5.32. The second-order valence-corrected chi connectivity index (χ2v) is 12.0. The molecule has 4 aromatic rings. The fourth-order valence-corrected chi connectivity index (χ4v) is 6.90. The van der Waals surface area contributed by atoms with Crippen LogP contribution in [0.2, 0.25) is 0 Å². The highest BCUT2D eigenvalue weighted by molar-refractivity contribution is 6.14. The number of hydrogen-bond acceptors (Lipinski definition) is 2. The predicted octanol–water partition coefficient (Wildman–Crippen LogP) is 10.1. The molecule has 3 unspecified atom stereocenters. The van der Waals surface area contributed by atoms with E-state index in [0.29, 0.717) is 0 Å². The van der Waals surface area contributed by atoms with E-state index in [-0.39, 0.29) is 17.9 Å². The van der Waals surface area contributed by atoms with Gasteiger partial charge < -0.3 is 0 Å². The molecule has 3 aliphatic carbocycles. The average molecular weight is 567 g/mol. The molecule has 2 heterocycles. The molecular formula is C42H34N2. The second kappa shape index (κ2) is 11.5. The molecule has 3 aromatic carbocycles. The molecule has 2 nitrogen and oxygen atoms in total. The summed E-state index contributed by atoms with van der Waals surface area (Å²) in [5, 5.41) is 0. The van der Waals surface area contributed by atoms with E-state index in [1.807, 2.05) is 0 Å². The van der Waals surface area contributed by atoms with Crippen LogP contribution in [-0.4, -0.2) is 16.7 Å². The molecular weight excluding hydrogens is 532 g/mol. The van der Waals surface area contributed by atoms with Crippen molar-refractivity contribution < 1.29 is 0 Å². The Kier molecular flexibility index (Phi) is 6.96. The van der Waals surface area contributed by atoms with E-state index in [9.17, 15) is 0 Å². The zero-order valence-electron chi connectivity index (χ0n) is 24.7. The van der Waals surface area contributed by atoms with Gasteiger partial charge in [-0.3, -0.25) is 9.98 Å². The third kappa shape index (κ3) is 5.07. The number of dihydropyridines is 1. The molecule has 4 aliphatic rings. The fourth-order valence-electron chi connectivity index (χ4n) is 6.90. The van der Waals surface area contributed by atoms with Crippen molar-refractivity contribution in [2.45, 2.75) is 37.1 Å². The molecule has 0 saturated carbocycles. The molecule has 212 valence electrons. The van der Waals surface area contributed by atoms with Gasteiger partial charge in [-0.25, -0.2) is 0 Å². The van der Waals surface area contributed by atoms with Gasteiger partial charge in [-0.05, 0) is 88.1 Å². The lowest BCUT2D eigenvalue weighted by molar-refractivity contribution is 0.724. The number of aromatic nitrogens is 1. The largest absolute Gasteiger partial charge is 0.276 e. The van der Waals surface area contributed by atoms with Crippen LogP contribution < -0.4 is 0 Å². The van der Waals surface area contributed by atoms with Gasteiger partial charge in [0, 0.05) is 17.5 Å². The molecule has 0 bridgehead atoms. The Labute approximate surface area is 259 Å². The first-order chi connectivity index (χ1) is 21.8. The standard InChI is InChI=1S/C42H34N2/c1-5-13-29(14-6-1)37-28-41(33-19-11-4-12-20-33)43-38-24-23-30-21-22-34(25-36(30)42(37)38)35-26-39(31-15-7-2-8-16-31)44-40(27-35)32-17-9-3-10-18-32/h1-2,4-9,11-15,17-28,31,38,42H,3,10,16H2. The third-order valence-corrected chi connectivity index (χ3v) is 9.16. The van der Waals surface area contributed by atoms with Crippen molar-refractivity contribution in [1.82, 2.24) is 4.98 Å². The van der Waals surface area contributed by atoms with Crippen LogP contribution in [0.4, 0.5) is 0 Å². The monoisotopic (exact) mass is 566 g/mol. The van der Waals surface area contributed by atoms with Crippen LogP contribution in [0.15, 0.2) is 151 Å². The minimum atomic E-state index is 0.0356. The molecule has 0 fully saturated rings. The lowest BCUT2D eigenvalue weighted by Crippen LogP contribution is -2.26. The molecule has 0 spiro atoms. The van der Waals surface area contributed by atoms with Crippen molar-refractivity contribution in [3.8, 4) is 11.1 Å². The number of pyridine rings is 1. The molecule has 0 radical (unpaired) electrons. The molecule has 0 amide bonds. The molecule has 3 atom stereocenters. The highest BCUT2D eigenvalue weighted by Gasteiger charge is 2.33. The maximum absolute atomic E-state index is 5.32. The molecule has 0 N–H and O–H groups in total. The van der Waals surface area contributed by atoms with Crippen molar-refractivity contribution in [3.63, 3.8) is 0 Å². The topological polar surface area (TPSA) is 25.2 Å². The van der Waals surface area contributed by atoms with Crippen LogP contribution in [0.3, 0.4) is 0 Å². The van der Waals surface area contributed by atoms with Gasteiger partial charge in [-0.15, -0.1) is 0 Å². The van der Waals surface area contributed by atoms with E-state index in [2.05, 4.69) is 152 Å². The van der Waals surface area contributed by atoms with Gasteiger partial charge in [-0.2, -0.15) is 0 Å². The van der Waals surface area contributed by atoms with Crippen LogP contribution in [0.1, 0.15) is 64.7 Å². The Bertz CT molecular complexity index is 1930. The summed E-state index contributed by atoms with van der Waals surface area (Å²) < 4.78 is 0. The smallest absolute Gasteiger partial charge is 0.0800 e. The molecule has 44 heavy (non-hydrogen) atoms. The van der Waals surface area contributed by atoms with Gasteiger partial charge in [0.2, 0.25) is 0 Å². The van der Waals surface area contributed by atoms with Crippen LogP contribution in [0, 0.1) is 0 Å². The first-order valence-electron chi connectivity index (χ1n) is 15.8. The van der Waals surface area contributed by atoms with Crippen LogP contribution in [0.5, 0.6) is 0 Å². The Morgan fingerprint density at radius 3 is 2.27 bits per heavy atom. The minimum absolute atomic E-state index is 0.0356. The zero-order chi connectivity index (χ0) is 29.3. The summed E-state index contributed by atoms with van der Waals surface area (Å²) in [6, 6.07) is 33.0. The molecule has 1 aliphatic heterocycles. The summed E-state index contributed by atoms with van der Waals surface area (Å²) in [6.45, 7) is 0. The second-order valence-electron chi connectivity index (χ2n) is 12.0. The van der Waals surface area contributed by atoms with E-state index < -0.39 is 0 Å². The summed E-state index contributed by atoms with van der Waals surface area (Å²) in [6.07, 6.45) is 25.7. The van der Waals surface area contributed by atoms with E-state index in [4.69, 9.17) is 9.98 Å². The fraction of sp³-hybridized carbons (Fsp3) is 0.143. The number of aliphatic imine (C=N–C) groups is 1. The molecule has 1 aromatic heterocycles. The average Bonchev–Trinajstić information content (AvgIpc) is 3.12. The number of hydrogen-bond donors (Lipinski definition) is 0. The molecule has 2 heteroatoms. The van der Waals surface area contributed by atoms with Crippen molar-refractivity contribution in [3.05, 3.63) is 179 Å². The van der Waals surface area contributed by atoms with Crippen LogP contribution in [0.25, 0.3) is 28.3 Å². The summed E-state index contributed by atoms with van der Waals surface area (Å²) in [5.74, 6) is 0.425. The van der Waals surface area contributed by atoms with Crippen LogP contribution in [-0.2, 0) is 0 Å². The van der Waals surface area contributed by atoms with Gasteiger partial charge in [-0.1, -0.05) is 127 Å². The van der Waals surface area contributed by atoms with Gasteiger partial charge in [0.05, 0.1) is 17.4 Å². The lowest BCUT2D eigenvalue weighted by atomic mass is 9.74. The van der Waals surface area contributed by atoms with Gasteiger partial charge in [0.1, 0.15) is 0 Å². The zero-order valence-corrected chi connectivity index (χ0v) is 24.7. The van der Waals surface area contributed by atoms with E-state index in [1.54, 1.807) is 0 Å². The summed E-state index contributed by atoms with van der Waals surface area (Å²) in [5.41, 5.74) is 13.2. The highest BCUT2D eigenvalue weighted by atomic mass is 14.8. The summed E-state index contributed by atoms with van der Waals surface area (Å²) in [7, 11) is 0. The van der Waals surface area contributed by atoms with E-state index in [1.165, 1.54) is 39.0 Å². The molecule has 0 saturated heterocycles. The molecule has 8 rings (SSSR count). The first-order valence-corrected chi connectivity index (χ1v) is 15.8. The SMILES string of the molecule is C1=CCC(c2cc(-c3ccc4c(c3)C3C(c5ccccc5)=CC(c5ccccc5)=NC3C=C4)cc(C3=CCCC=C3)n2)C=C1. The summed E-state index contributed by atoms with van der Waals surface area (Å²) >= 11 is 0. The third-order valence-electron chi connectivity index (χ3n) is 9.16. The number of allylic oxidation sites excluding steroid dienone is 9. The Morgan fingerprint density at radius 2 is 1.50 bits per heavy atom. The summed E-state index contributed by atoms with van der Waals surface area (Å²) in [4.78, 5) is 10.5. The minimum Gasteiger partial charge on any atom is -0.276 e. The van der Waals surface area contributed by atoms with E-state index in [0.717, 1.165) is 41.9 Å². The van der Waals surface area contributed by atoms with Crippen molar-refractivity contribution in [2.24, 2.45) is 4.99 Å². The lowest BCUT2D eigenvalue weighted by Gasteiger charge is -2.34. The van der Waals surface area contributed by atoms with Gasteiger partial charge >= 0.3 is 0 Å². The normalized spacial score (nSPS) is 21.6. The quantitative estimate of drug-likeness (QED) is 0.236. The van der Waals surface area contributed by atoms with Gasteiger partial charge in [0.25, 0.3) is 0 Å². The number of benzene rings is 3. The Morgan fingerprint density at radius 1 is 0.659 bits per heavy atom. The Balaban J connectivity index is 1.25. The van der Waals surface area contributed by atoms with Gasteiger partial charge in [0.15, 0.2) is 0 Å². The predicted molar refractivity (Wildman–Crippen MR) is 185 cm³/mol. The van der Waals surface area contributed by atoms with Crippen LogP contribution >= 0.6 is 0 Å². The Hall–Kier alpha value is -5.08. The van der Waals surface area contributed by atoms with E-state index >= 15 is 0 Å². The van der Waals surface area contributed by atoms with Crippen molar-refractivity contribution in [1.29, 1.82) is 0 Å². The maximum Gasteiger partial charge on any atom is 0.0800 e. The first kappa shape index (κ1) is 26.5. The number of rotatable bonds is 5. The number of nitrogens with zero attached hydrogens (tertiary/aromatic N) is 2.